The first-order valence-electron chi connectivity index (χ1n) is 10.3. The molecule has 0 aliphatic heterocycles. The third-order valence-electron chi connectivity index (χ3n) is 5.43. The van der Waals surface area contributed by atoms with E-state index in [1.54, 1.807) is 24.3 Å². The maximum atomic E-state index is 13.0. The Labute approximate surface area is 194 Å². The molecule has 0 radical (unpaired) electrons. The maximum Gasteiger partial charge on any atom is 0.251 e. The number of aliphatic hydroxyl groups is 1. The SMILES string of the molecule is CC(=NCc1ccc(F)cc1)Nc1ccc2c(c1)[C@@H](NC(=O)c1ccc(Br)cc1)[C@H](O)C2. The first-order chi connectivity index (χ1) is 15.4. The zero-order chi connectivity index (χ0) is 22.7. The Balaban J connectivity index is 1.46. The molecule has 0 aromatic heterocycles. The largest absolute Gasteiger partial charge is 0.390 e. The molecule has 0 saturated carbocycles. The van der Waals surface area contributed by atoms with Gasteiger partial charge >= 0.3 is 0 Å². The smallest absolute Gasteiger partial charge is 0.251 e. The topological polar surface area (TPSA) is 73.7 Å². The summed E-state index contributed by atoms with van der Waals surface area (Å²) < 4.78 is 13.9. The molecule has 3 aromatic rings. The van der Waals surface area contributed by atoms with E-state index in [2.05, 4.69) is 31.6 Å². The van der Waals surface area contributed by atoms with Crippen molar-refractivity contribution in [2.75, 3.05) is 5.32 Å². The average Bonchev–Trinajstić information content (AvgIpc) is 3.08. The number of carbonyl (C=O) groups excluding carboxylic acids is 1. The molecule has 0 fully saturated rings. The average molecular weight is 496 g/mol. The van der Waals surface area contributed by atoms with Crippen LogP contribution in [0.4, 0.5) is 10.1 Å². The number of halogens is 2. The fourth-order valence-electron chi connectivity index (χ4n) is 3.75. The van der Waals surface area contributed by atoms with E-state index >= 15 is 0 Å². The summed E-state index contributed by atoms with van der Waals surface area (Å²) in [6, 6.07) is 18.7. The third kappa shape index (κ3) is 5.23. The van der Waals surface area contributed by atoms with Crippen LogP contribution in [0.5, 0.6) is 0 Å². The highest BCUT2D eigenvalue weighted by Crippen LogP contribution is 2.34. The Morgan fingerprint density at radius 3 is 2.56 bits per heavy atom. The highest BCUT2D eigenvalue weighted by atomic mass is 79.9. The predicted octanol–water partition coefficient (Wildman–Crippen LogP) is 5.01. The molecule has 3 N–H and O–H groups in total. The van der Waals surface area contributed by atoms with E-state index in [4.69, 9.17) is 0 Å². The van der Waals surface area contributed by atoms with Gasteiger partial charge in [-0.25, -0.2) is 4.39 Å². The molecule has 0 saturated heterocycles. The minimum absolute atomic E-state index is 0.232. The van der Waals surface area contributed by atoms with Crippen molar-refractivity contribution in [2.24, 2.45) is 4.99 Å². The first-order valence-corrected chi connectivity index (χ1v) is 11.1. The van der Waals surface area contributed by atoms with Gasteiger partial charge in [0.2, 0.25) is 0 Å². The fourth-order valence-corrected chi connectivity index (χ4v) is 4.01. The second kappa shape index (κ2) is 9.63. The summed E-state index contributed by atoms with van der Waals surface area (Å²) in [5.41, 5.74) is 4.16. The van der Waals surface area contributed by atoms with E-state index in [1.165, 1.54) is 12.1 Å². The molecule has 3 aromatic carbocycles. The van der Waals surface area contributed by atoms with Crippen LogP contribution in [0.3, 0.4) is 0 Å². The number of aliphatic imine (C=N–C) groups is 1. The fraction of sp³-hybridized carbons (Fsp3) is 0.200. The van der Waals surface area contributed by atoms with Gasteiger partial charge in [0.15, 0.2) is 0 Å². The Kier molecular flexibility index (Phi) is 6.67. The Morgan fingerprint density at radius 2 is 1.84 bits per heavy atom. The van der Waals surface area contributed by atoms with Gasteiger partial charge < -0.3 is 15.7 Å². The van der Waals surface area contributed by atoms with E-state index in [0.717, 1.165) is 26.9 Å². The summed E-state index contributed by atoms with van der Waals surface area (Å²) in [6.45, 7) is 2.30. The lowest BCUT2D eigenvalue weighted by Crippen LogP contribution is -2.33. The van der Waals surface area contributed by atoms with Crippen LogP contribution in [0, 0.1) is 5.82 Å². The molecule has 0 spiro atoms. The highest BCUT2D eigenvalue weighted by molar-refractivity contribution is 9.10. The van der Waals surface area contributed by atoms with Crippen LogP contribution < -0.4 is 10.6 Å². The number of hydrogen-bond acceptors (Lipinski definition) is 3. The molecule has 5 nitrogen and oxygen atoms in total. The van der Waals surface area contributed by atoms with Gasteiger partial charge in [-0.3, -0.25) is 9.79 Å². The van der Waals surface area contributed by atoms with Gasteiger partial charge in [0.05, 0.1) is 24.5 Å². The molecule has 0 heterocycles. The normalized spacial score (nSPS) is 17.7. The molecule has 2 atom stereocenters. The zero-order valence-corrected chi connectivity index (χ0v) is 19.1. The summed E-state index contributed by atoms with van der Waals surface area (Å²) in [6.07, 6.45) is -0.202. The van der Waals surface area contributed by atoms with Crippen molar-refractivity contribution >= 4 is 33.4 Å². The third-order valence-corrected chi connectivity index (χ3v) is 5.95. The number of nitrogens with zero attached hydrogens (tertiary/aromatic N) is 1. The van der Waals surface area contributed by atoms with E-state index in [-0.39, 0.29) is 11.7 Å². The van der Waals surface area contributed by atoms with Gasteiger partial charge in [0, 0.05) is 22.1 Å². The molecular weight excluding hydrogens is 473 g/mol. The molecule has 32 heavy (non-hydrogen) atoms. The van der Waals surface area contributed by atoms with Crippen molar-refractivity contribution < 1.29 is 14.3 Å². The second-order valence-electron chi connectivity index (χ2n) is 7.80. The van der Waals surface area contributed by atoms with Crippen LogP contribution in [0.15, 0.2) is 76.2 Å². The van der Waals surface area contributed by atoms with Gasteiger partial charge in [-0.15, -0.1) is 0 Å². The van der Waals surface area contributed by atoms with Crippen LogP contribution in [0.25, 0.3) is 0 Å². The molecule has 1 aliphatic rings. The molecule has 1 aliphatic carbocycles. The number of amides is 1. The monoisotopic (exact) mass is 495 g/mol. The summed E-state index contributed by atoms with van der Waals surface area (Å²) in [4.78, 5) is 17.2. The Bertz CT molecular complexity index is 1150. The lowest BCUT2D eigenvalue weighted by molar-refractivity contribution is 0.0858. The minimum atomic E-state index is -0.687. The van der Waals surface area contributed by atoms with Crippen LogP contribution in [-0.4, -0.2) is 23.0 Å². The van der Waals surface area contributed by atoms with Gasteiger partial charge in [0.1, 0.15) is 5.82 Å². The lowest BCUT2D eigenvalue weighted by Gasteiger charge is -2.19. The van der Waals surface area contributed by atoms with E-state index < -0.39 is 12.1 Å². The Hall–Kier alpha value is -3.03. The van der Waals surface area contributed by atoms with Gasteiger partial charge in [-0.2, -0.15) is 0 Å². The second-order valence-corrected chi connectivity index (χ2v) is 8.71. The zero-order valence-electron chi connectivity index (χ0n) is 17.5. The molecule has 4 rings (SSSR count). The van der Waals surface area contributed by atoms with Gasteiger partial charge in [0.25, 0.3) is 5.91 Å². The summed E-state index contributed by atoms with van der Waals surface area (Å²) in [5.74, 6) is 0.211. The summed E-state index contributed by atoms with van der Waals surface area (Å²) in [5, 5.41) is 16.8. The molecule has 164 valence electrons. The van der Waals surface area contributed by atoms with Crippen LogP contribution in [0.1, 0.15) is 40.0 Å². The predicted molar refractivity (Wildman–Crippen MR) is 127 cm³/mol. The molecule has 0 bridgehead atoms. The number of hydrogen-bond donors (Lipinski definition) is 3. The number of benzene rings is 3. The number of amidine groups is 1. The maximum absolute atomic E-state index is 13.0. The molecule has 1 amide bonds. The van der Waals surface area contributed by atoms with Gasteiger partial charge in [-0.1, -0.05) is 34.1 Å². The lowest BCUT2D eigenvalue weighted by atomic mass is 10.1. The summed E-state index contributed by atoms with van der Waals surface area (Å²) in [7, 11) is 0. The number of carbonyl (C=O) groups is 1. The molecular formula is C25H23BrFN3O2. The van der Waals surface area contributed by atoms with Crippen molar-refractivity contribution in [1.82, 2.24) is 5.32 Å². The number of rotatable bonds is 5. The first kappa shape index (κ1) is 22.2. The highest BCUT2D eigenvalue weighted by Gasteiger charge is 2.32. The van der Waals surface area contributed by atoms with Gasteiger partial charge in [-0.05, 0) is 72.1 Å². The van der Waals surface area contributed by atoms with Crippen molar-refractivity contribution in [1.29, 1.82) is 0 Å². The van der Waals surface area contributed by atoms with Crippen molar-refractivity contribution in [2.45, 2.75) is 32.0 Å². The van der Waals surface area contributed by atoms with Crippen molar-refractivity contribution in [3.63, 3.8) is 0 Å². The van der Waals surface area contributed by atoms with Crippen LogP contribution in [0.2, 0.25) is 0 Å². The summed E-state index contributed by atoms with van der Waals surface area (Å²) >= 11 is 3.36. The van der Waals surface area contributed by atoms with Crippen molar-refractivity contribution in [3.05, 3.63) is 99.3 Å². The number of anilines is 1. The number of fused-ring (bicyclic) bond motifs is 1. The molecule has 7 heteroatoms. The quantitative estimate of drug-likeness (QED) is 0.344. The van der Waals surface area contributed by atoms with E-state index in [1.807, 2.05) is 37.3 Å². The minimum Gasteiger partial charge on any atom is -0.390 e. The van der Waals surface area contributed by atoms with Crippen molar-refractivity contribution in [3.8, 4) is 0 Å². The molecule has 0 unspecified atom stereocenters. The Morgan fingerprint density at radius 1 is 1.12 bits per heavy atom. The van der Waals surface area contributed by atoms with Crippen LogP contribution in [-0.2, 0) is 13.0 Å². The van der Waals surface area contributed by atoms with E-state index in [9.17, 15) is 14.3 Å². The number of aliphatic hydroxyl groups excluding tert-OH is 1. The van der Waals surface area contributed by atoms with Crippen LogP contribution >= 0.6 is 15.9 Å². The standard InChI is InChI=1S/C25H23BrFN3O2/c1-15(28-14-16-2-9-20(27)10-3-16)29-21-11-6-18-12-23(31)24(22(18)13-21)30-25(32)17-4-7-19(26)8-5-17/h2-11,13,23-24,31H,12,14H2,1H3,(H,28,29)(H,30,32)/t23-,24-/m1/s1. The van der Waals surface area contributed by atoms with E-state index in [0.29, 0.717) is 24.4 Å². The number of nitrogens with one attached hydrogen (secondary N) is 2.